The molecule has 0 aliphatic rings. The number of phenolic OH excluding ortho intramolecular Hbond substituents is 1. The molecule has 6 heteroatoms. The molecule has 0 atom stereocenters. The number of para-hydroxylation sites is 1. The summed E-state index contributed by atoms with van der Waals surface area (Å²) in [6, 6.07) is 18.0. The molecule has 3 rings (SSSR count). The number of methoxy groups -OCH3 is 3. The highest BCUT2D eigenvalue weighted by Crippen LogP contribution is 2.38. The van der Waals surface area contributed by atoms with Gasteiger partial charge in [-0.2, -0.15) is 0 Å². The SMILES string of the molecule is COc1cc(/C=C/c2cccc(NC(=O)/C=C/c3ccccc3O)c2)cc(OC)c1OC. The van der Waals surface area contributed by atoms with Crippen LogP contribution in [0.2, 0.25) is 0 Å². The monoisotopic (exact) mass is 431 g/mol. The molecule has 164 valence electrons. The first-order valence-electron chi connectivity index (χ1n) is 9.89. The van der Waals surface area contributed by atoms with Crippen LogP contribution in [0.3, 0.4) is 0 Å². The number of carbonyl (C=O) groups excluding carboxylic acids is 1. The fraction of sp³-hybridized carbons (Fsp3) is 0.115. The highest BCUT2D eigenvalue weighted by molar-refractivity contribution is 6.02. The number of nitrogens with one attached hydrogen (secondary N) is 1. The lowest BCUT2D eigenvalue weighted by Gasteiger charge is -2.12. The van der Waals surface area contributed by atoms with Crippen molar-refractivity contribution in [3.8, 4) is 23.0 Å². The molecule has 32 heavy (non-hydrogen) atoms. The Kier molecular flexibility index (Phi) is 7.54. The maximum atomic E-state index is 12.3. The molecule has 0 saturated heterocycles. The molecular weight excluding hydrogens is 406 g/mol. The zero-order valence-corrected chi connectivity index (χ0v) is 18.2. The lowest BCUT2D eigenvalue weighted by atomic mass is 10.1. The van der Waals surface area contributed by atoms with Crippen LogP contribution in [0, 0.1) is 0 Å². The highest BCUT2D eigenvalue weighted by Gasteiger charge is 2.12. The van der Waals surface area contributed by atoms with Gasteiger partial charge in [-0.05, 0) is 47.5 Å². The quantitative estimate of drug-likeness (QED) is 0.377. The molecule has 3 aromatic rings. The number of carbonyl (C=O) groups is 1. The van der Waals surface area contributed by atoms with Crippen LogP contribution >= 0.6 is 0 Å². The smallest absolute Gasteiger partial charge is 0.248 e. The predicted octanol–water partition coefficient (Wildman–Crippen LogP) is 5.24. The van der Waals surface area contributed by atoms with Gasteiger partial charge >= 0.3 is 0 Å². The van der Waals surface area contributed by atoms with E-state index in [2.05, 4.69) is 5.32 Å². The number of ether oxygens (including phenoxy) is 3. The zero-order valence-electron chi connectivity index (χ0n) is 18.2. The van der Waals surface area contributed by atoms with E-state index < -0.39 is 0 Å². The molecule has 0 fully saturated rings. The number of hydrogen-bond donors (Lipinski definition) is 2. The minimum Gasteiger partial charge on any atom is -0.507 e. The summed E-state index contributed by atoms with van der Waals surface area (Å²) in [6.45, 7) is 0. The van der Waals surface area contributed by atoms with Crippen molar-refractivity contribution in [3.05, 3.63) is 83.4 Å². The van der Waals surface area contributed by atoms with Gasteiger partial charge < -0.3 is 24.6 Å². The molecular formula is C26H25NO5. The Morgan fingerprint density at radius 3 is 2.16 bits per heavy atom. The first-order chi connectivity index (χ1) is 15.5. The van der Waals surface area contributed by atoms with Crippen molar-refractivity contribution in [3.63, 3.8) is 0 Å². The van der Waals surface area contributed by atoms with Crippen LogP contribution in [0.25, 0.3) is 18.2 Å². The van der Waals surface area contributed by atoms with Crippen molar-refractivity contribution in [2.75, 3.05) is 26.6 Å². The van der Waals surface area contributed by atoms with Gasteiger partial charge in [0.1, 0.15) is 5.75 Å². The van der Waals surface area contributed by atoms with Crippen LogP contribution < -0.4 is 19.5 Å². The number of hydrogen-bond acceptors (Lipinski definition) is 5. The molecule has 2 N–H and O–H groups in total. The molecule has 1 amide bonds. The van der Waals surface area contributed by atoms with Crippen molar-refractivity contribution in [1.82, 2.24) is 0 Å². The van der Waals surface area contributed by atoms with E-state index in [-0.39, 0.29) is 11.7 Å². The van der Waals surface area contributed by atoms with Crippen molar-refractivity contribution in [2.24, 2.45) is 0 Å². The van der Waals surface area contributed by atoms with Crippen LogP contribution in [0.5, 0.6) is 23.0 Å². The third-order valence-electron chi connectivity index (χ3n) is 4.66. The fourth-order valence-electron chi connectivity index (χ4n) is 3.09. The van der Waals surface area contributed by atoms with Gasteiger partial charge in [0.15, 0.2) is 11.5 Å². The Bertz CT molecular complexity index is 1130. The second kappa shape index (κ2) is 10.7. The van der Waals surface area contributed by atoms with Gasteiger partial charge in [-0.25, -0.2) is 0 Å². The summed E-state index contributed by atoms with van der Waals surface area (Å²) in [5.41, 5.74) is 3.01. The largest absolute Gasteiger partial charge is 0.507 e. The van der Waals surface area contributed by atoms with Crippen LogP contribution in [-0.2, 0) is 4.79 Å². The Balaban J connectivity index is 1.73. The van der Waals surface area contributed by atoms with Gasteiger partial charge in [0.05, 0.1) is 21.3 Å². The number of amides is 1. The molecule has 0 heterocycles. The molecule has 0 aliphatic carbocycles. The number of anilines is 1. The van der Waals surface area contributed by atoms with Gasteiger partial charge in [-0.1, -0.05) is 42.5 Å². The third-order valence-corrected chi connectivity index (χ3v) is 4.66. The maximum Gasteiger partial charge on any atom is 0.248 e. The third kappa shape index (κ3) is 5.70. The van der Waals surface area contributed by atoms with E-state index in [0.717, 1.165) is 11.1 Å². The molecule has 0 spiro atoms. The summed E-state index contributed by atoms with van der Waals surface area (Å²) < 4.78 is 16.1. The van der Waals surface area contributed by atoms with Crippen LogP contribution in [0.4, 0.5) is 5.69 Å². The van der Waals surface area contributed by atoms with Crippen LogP contribution in [0.1, 0.15) is 16.7 Å². The van der Waals surface area contributed by atoms with E-state index in [1.54, 1.807) is 51.7 Å². The highest BCUT2D eigenvalue weighted by atomic mass is 16.5. The predicted molar refractivity (Wildman–Crippen MR) is 127 cm³/mol. The lowest BCUT2D eigenvalue weighted by molar-refractivity contribution is -0.111. The van der Waals surface area contributed by atoms with Crippen molar-refractivity contribution < 1.29 is 24.1 Å². The van der Waals surface area contributed by atoms with E-state index >= 15 is 0 Å². The average Bonchev–Trinajstić information content (AvgIpc) is 2.81. The summed E-state index contributed by atoms with van der Waals surface area (Å²) in [5, 5.41) is 12.6. The molecule has 3 aromatic carbocycles. The Morgan fingerprint density at radius 1 is 0.812 bits per heavy atom. The molecule has 0 aromatic heterocycles. The summed E-state index contributed by atoms with van der Waals surface area (Å²) >= 11 is 0. The van der Waals surface area contributed by atoms with Gasteiger partial charge in [0.2, 0.25) is 11.7 Å². The summed E-state index contributed by atoms with van der Waals surface area (Å²) in [6.07, 6.45) is 6.80. The van der Waals surface area contributed by atoms with E-state index in [0.29, 0.717) is 28.5 Å². The lowest BCUT2D eigenvalue weighted by Crippen LogP contribution is -2.07. The minimum atomic E-state index is -0.293. The van der Waals surface area contributed by atoms with Crippen molar-refractivity contribution in [1.29, 1.82) is 0 Å². The molecule has 6 nitrogen and oxygen atoms in total. The van der Waals surface area contributed by atoms with Gasteiger partial charge in [0, 0.05) is 17.3 Å². The number of rotatable bonds is 8. The zero-order chi connectivity index (χ0) is 22.9. The average molecular weight is 431 g/mol. The van der Waals surface area contributed by atoms with Gasteiger partial charge in [-0.3, -0.25) is 4.79 Å². The van der Waals surface area contributed by atoms with Gasteiger partial charge in [-0.15, -0.1) is 0 Å². The minimum absolute atomic E-state index is 0.121. The molecule has 0 bridgehead atoms. The topological polar surface area (TPSA) is 77.0 Å². The second-order valence-electron chi connectivity index (χ2n) is 6.80. The molecule has 0 unspecified atom stereocenters. The van der Waals surface area contributed by atoms with Crippen molar-refractivity contribution in [2.45, 2.75) is 0 Å². The number of phenols is 1. The van der Waals surface area contributed by atoms with E-state index in [1.165, 1.54) is 6.08 Å². The summed E-state index contributed by atoms with van der Waals surface area (Å²) in [7, 11) is 4.71. The molecule has 0 saturated carbocycles. The summed E-state index contributed by atoms with van der Waals surface area (Å²) in [5.74, 6) is 1.51. The maximum absolute atomic E-state index is 12.3. The van der Waals surface area contributed by atoms with Crippen LogP contribution in [-0.4, -0.2) is 32.3 Å². The number of aromatic hydroxyl groups is 1. The Morgan fingerprint density at radius 2 is 1.50 bits per heavy atom. The molecule has 0 radical (unpaired) electrons. The first kappa shape index (κ1) is 22.5. The molecule has 0 aliphatic heterocycles. The first-order valence-corrected chi connectivity index (χ1v) is 9.89. The Hall–Kier alpha value is -4.19. The second-order valence-corrected chi connectivity index (χ2v) is 6.80. The standard InChI is InChI=1S/C26H25NO5/c1-30-23-16-19(17-24(31-2)26(23)32-3)12-11-18-7-6-9-21(15-18)27-25(29)14-13-20-8-4-5-10-22(20)28/h4-17,28H,1-3H3,(H,27,29)/b12-11+,14-13+. The summed E-state index contributed by atoms with van der Waals surface area (Å²) in [4.78, 5) is 12.3. The Labute approximate surface area is 187 Å². The van der Waals surface area contributed by atoms with Crippen molar-refractivity contribution >= 4 is 29.8 Å². The van der Waals surface area contributed by atoms with E-state index in [4.69, 9.17) is 14.2 Å². The van der Waals surface area contributed by atoms with Crippen LogP contribution in [0.15, 0.2) is 66.7 Å². The van der Waals surface area contributed by atoms with Gasteiger partial charge in [0.25, 0.3) is 0 Å². The fourth-order valence-corrected chi connectivity index (χ4v) is 3.09. The normalized spacial score (nSPS) is 11.0. The van der Waals surface area contributed by atoms with E-state index in [1.807, 2.05) is 48.6 Å². The van der Waals surface area contributed by atoms with E-state index in [9.17, 15) is 9.90 Å². The number of benzene rings is 3.